The fourth-order valence-corrected chi connectivity index (χ4v) is 4.31. The van der Waals surface area contributed by atoms with Crippen LogP contribution >= 0.6 is 0 Å². The SMILES string of the molecule is CCC1(C(=O)O)CCN(S(=O)(=O)C2CC2)CC1. The van der Waals surface area contributed by atoms with Crippen molar-refractivity contribution in [2.24, 2.45) is 5.41 Å². The largest absolute Gasteiger partial charge is 0.481 e. The Morgan fingerprint density at radius 2 is 1.88 bits per heavy atom. The van der Waals surface area contributed by atoms with Crippen molar-refractivity contribution in [1.29, 1.82) is 0 Å². The predicted octanol–water partition coefficient (Wildman–Crippen LogP) is 1.06. The Kier molecular flexibility index (Phi) is 3.20. The summed E-state index contributed by atoms with van der Waals surface area (Å²) in [5.74, 6) is -0.788. The van der Waals surface area contributed by atoms with Crippen molar-refractivity contribution in [3.63, 3.8) is 0 Å². The summed E-state index contributed by atoms with van der Waals surface area (Å²) in [6.45, 7) is 2.58. The van der Waals surface area contributed by atoms with Gasteiger partial charge in [0.1, 0.15) is 0 Å². The molecule has 1 aliphatic heterocycles. The van der Waals surface area contributed by atoms with Crippen molar-refractivity contribution >= 4 is 16.0 Å². The molecule has 0 aromatic heterocycles. The van der Waals surface area contributed by atoms with E-state index < -0.39 is 21.4 Å². The zero-order valence-corrected chi connectivity index (χ0v) is 10.9. The Bertz CT molecular complexity index is 405. The summed E-state index contributed by atoms with van der Waals surface area (Å²) >= 11 is 0. The number of carboxylic acid groups (broad SMARTS) is 1. The number of nitrogens with zero attached hydrogens (tertiary/aromatic N) is 1. The van der Waals surface area contributed by atoms with E-state index in [-0.39, 0.29) is 5.25 Å². The topological polar surface area (TPSA) is 74.7 Å². The number of sulfonamides is 1. The van der Waals surface area contributed by atoms with Gasteiger partial charge in [-0.3, -0.25) is 4.79 Å². The first-order chi connectivity index (χ1) is 7.92. The molecular weight excluding hydrogens is 242 g/mol. The van der Waals surface area contributed by atoms with Crippen molar-refractivity contribution in [3.8, 4) is 0 Å². The molecule has 17 heavy (non-hydrogen) atoms. The van der Waals surface area contributed by atoms with Crippen LogP contribution in [0.2, 0.25) is 0 Å². The number of carbonyl (C=O) groups is 1. The van der Waals surface area contributed by atoms with Gasteiger partial charge in [-0.1, -0.05) is 6.92 Å². The van der Waals surface area contributed by atoms with Gasteiger partial charge in [0.05, 0.1) is 10.7 Å². The lowest BCUT2D eigenvalue weighted by Gasteiger charge is -2.37. The molecule has 2 aliphatic rings. The van der Waals surface area contributed by atoms with Crippen LogP contribution in [0, 0.1) is 5.41 Å². The molecular formula is C11H19NO4S. The molecule has 6 heteroatoms. The second kappa shape index (κ2) is 4.24. The summed E-state index contributed by atoms with van der Waals surface area (Å²) < 4.78 is 25.5. The second-order valence-electron chi connectivity index (χ2n) is 5.08. The average Bonchev–Trinajstić information content (AvgIpc) is 3.13. The highest BCUT2D eigenvalue weighted by atomic mass is 32.2. The quantitative estimate of drug-likeness (QED) is 0.821. The number of carboxylic acids is 1. The van der Waals surface area contributed by atoms with E-state index in [4.69, 9.17) is 0 Å². The third kappa shape index (κ3) is 2.20. The molecule has 1 aliphatic carbocycles. The van der Waals surface area contributed by atoms with Crippen LogP contribution < -0.4 is 0 Å². The maximum Gasteiger partial charge on any atom is 0.309 e. The first kappa shape index (κ1) is 12.8. The van der Waals surface area contributed by atoms with Crippen molar-refractivity contribution in [2.45, 2.75) is 44.3 Å². The van der Waals surface area contributed by atoms with Gasteiger partial charge >= 0.3 is 5.97 Å². The van der Waals surface area contributed by atoms with E-state index in [1.807, 2.05) is 6.92 Å². The van der Waals surface area contributed by atoms with Gasteiger partial charge in [-0.2, -0.15) is 0 Å². The van der Waals surface area contributed by atoms with Crippen LogP contribution in [0.4, 0.5) is 0 Å². The highest BCUT2D eigenvalue weighted by Gasteiger charge is 2.46. The maximum atomic E-state index is 12.0. The van der Waals surface area contributed by atoms with Crippen LogP contribution in [0.25, 0.3) is 0 Å². The van der Waals surface area contributed by atoms with E-state index in [9.17, 15) is 18.3 Å². The van der Waals surface area contributed by atoms with Crippen LogP contribution in [-0.4, -0.2) is 42.1 Å². The molecule has 0 atom stereocenters. The zero-order valence-electron chi connectivity index (χ0n) is 10.1. The summed E-state index contributed by atoms with van der Waals surface area (Å²) in [6.07, 6.45) is 2.96. The predicted molar refractivity (Wildman–Crippen MR) is 63.1 cm³/mol. The molecule has 5 nitrogen and oxygen atoms in total. The number of hydrogen-bond acceptors (Lipinski definition) is 3. The van der Waals surface area contributed by atoms with E-state index in [0.29, 0.717) is 32.4 Å². The molecule has 1 N–H and O–H groups in total. The Labute approximate surface area is 102 Å². The summed E-state index contributed by atoms with van der Waals surface area (Å²) in [7, 11) is -3.13. The minimum Gasteiger partial charge on any atom is -0.481 e. The normalized spacial score (nSPS) is 25.7. The van der Waals surface area contributed by atoms with E-state index in [1.165, 1.54) is 4.31 Å². The lowest BCUT2D eigenvalue weighted by atomic mass is 9.77. The molecule has 0 unspecified atom stereocenters. The van der Waals surface area contributed by atoms with Gasteiger partial charge in [0.25, 0.3) is 0 Å². The van der Waals surface area contributed by atoms with Gasteiger partial charge in [-0.25, -0.2) is 12.7 Å². The maximum absolute atomic E-state index is 12.0. The summed E-state index contributed by atoms with van der Waals surface area (Å²) in [5.41, 5.74) is -0.713. The Morgan fingerprint density at radius 1 is 1.35 bits per heavy atom. The third-order valence-corrected chi connectivity index (χ3v) is 6.51. The molecule has 0 radical (unpaired) electrons. The number of piperidine rings is 1. The van der Waals surface area contributed by atoms with Gasteiger partial charge < -0.3 is 5.11 Å². The molecule has 1 heterocycles. The minimum atomic E-state index is -3.13. The average molecular weight is 261 g/mol. The molecule has 0 aromatic rings. The van der Waals surface area contributed by atoms with Crippen LogP contribution in [0.3, 0.4) is 0 Å². The van der Waals surface area contributed by atoms with Crippen LogP contribution in [0.15, 0.2) is 0 Å². The molecule has 0 amide bonds. The van der Waals surface area contributed by atoms with Crippen molar-refractivity contribution < 1.29 is 18.3 Å². The highest BCUT2D eigenvalue weighted by molar-refractivity contribution is 7.90. The molecule has 2 fully saturated rings. The first-order valence-corrected chi connectivity index (χ1v) is 7.65. The summed E-state index contributed by atoms with van der Waals surface area (Å²) in [5, 5.41) is 9.04. The molecule has 0 aromatic carbocycles. The molecule has 1 saturated heterocycles. The summed E-state index contributed by atoms with van der Waals surface area (Å²) in [6, 6.07) is 0. The van der Waals surface area contributed by atoms with E-state index in [0.717, 1.165) is 12.8 Å². The van der Waals surface area contributed by atoms with Crippen LogP contribution in [0.5, 0.6) is 0 Å². The van der Waals surface area contributed by atoms with Gasteiger partial charge in [0, 0.05) is 13.1 Å². The minimum absolute atomic E-state index is 0.193. The summed E-state index contributed by atoms with van der Waals surface area (Å²) in [4.78, 5) is 11.2. The van der Waals surface area contributed by atoms with Gasteiger partial charge in [-0.15, -0.1) is 0 Å². The lowest BCUT2D eigenvalue weighted by molar-refractivity contribution is -0.151. The first-order valence-electron chi connectivity index (χ1n) is 6.15. The van der Waals surface area contributed by atoms with Crippen molar-refractivity contribution in [2.75, 3.05) is 13.1 Å². The fourth-order valence-electron chi connectivity index (χ4n) is 2.46. The van der Waals surface area contributed by atoms with Gasteiger partial charge in [0.15, 0.2) is 0 Å². The van der Waals surface area contributed by atoms with Crippen LogP contribution in [-0.2, 0) is 14.8 Å². The standard InChI is InChI=1S/C11H19NO4S/c1-2-11(10(13)14)5-7-12(8-6-11)17(15,16)9-3-4-9/h9H,2-8H2,1H3,(H,13,14). The highest BCUT2D eigenvalue weighted by Crippen LogP contribution is 2.39. The van der Waals surface area contributed by atoms with E-state index >= 15 is 0 Å². The smallest absolute Gasteiger partial charge is 0.309 e. The molecule has 1 saturated carbocycles. The molecule has 0 spiro atoms. The number of rotatable bonds is 4. The molecule has 98 valence electrons. The number of hydrogen-bond donors (Lipinski definition) is 1. The Morgan fingerprint density at radius 3 is 2.24 bits per heavy atom. The van der Waals surface area contributed by atoms with E-state index in [1.54, 1.807) is 0 Å². The Hall–Kier alpha value is -0.620. The lowest BCUT2D eigenvalue weighted by Crippen LogP contribution is -2.47. The van der Waals surface area contributed by atoms with Gasteiger partial charge in [0.2, 0.25) is 10.0 Å². The zero-order chi connectivity index (χ0) is 12.7. The van der Waals surface area contributed by atoms with E-state index in [2.05, 4.69) is 0 Å². The fraction of sp³-hybridized carbons (Fsp3) is 0.909. The molecule has 2 rings (SSSR count). The Balaban J connectivity index is 2.05. The van der Waals surface area contributed by atoms with Crippen molar-refractivity contribution in [3.05, 3.63) is 0 Å². The van der Waals surface area contributed by atoms with Crippen LogP contribution in [0.1, 0.15) is 39.0 Å². The second-order valence-corrected chi connectivity index (χ2v) is 7.30. The van der Waals surface area contributed by atoms with Crippen molar-refractivity contribution in [1.82, 2.24) is 4.31 Å². The molecule has 0 bridgehead atoms. The number of aliphatic carboxylic acids is 1. The van der Waals surface area contributed by atoms with Gasteiger partial charge in [-0.05, 0) is 32.1 Å². The monoisotopic (exact) mass is 261 g/mol. The third-order valence-electron chi connectivity index (χ3n) is 4.12.